The number of nitrogens with one attached hydrogen (secondary N) is 1. The zero-order chi connectivity index (χ0) is 22.0. The number of amides is 2. The van der Waals surface area contributed by atoms with Crippen molar-refractivity contribution in [3.8, 4) is 11.5 Å². The maximum atomic E-state index is 12.7. The summed E-state index contributed by atoms with van der Waals surface area (Å²) in [4.78, 5) is 26.8. The number of nitrogens with zero attached hydrogens (tertiary/aromatic N) is 1. The van der Waals surface area contributed by atoms with Crippen molar-refractivity contribution < 1.29 is 14.3 Å². The molecule has 0 bridgehead atoms. The summed E-state index contributed by atoms with van der Waals surface area (Å²) in [5, 5.41) is 3.49. The maximum Gasteiger partial charge on any atom is 0.229 e. The standard InChI is InChI=1S/C24H20BrClN2O3/c1-15-2-7-19(13-22(15)26)28-14-16(12-23(28)29)24(30)27-18-5-10-21(11-6-18)31-20-8-3-17(25)4-9-20/h2-11,13,16H,12,14H2,1H3,(H,27,30)/t16-/m0/s1. The lowest BCUT2D eigenvalue weighted by Crippen LogP contribution is -2.28. The molecule has 1 aliphatic rings. The number of carbonyl (C=O) groups excluding carboxylic acids is 2. The van der Waals surface area contributed by atoms with Crippen LogP contribution < -0.4 is 15.0 Å². The number of anilines is 2. The zero-order valence-corrected chi connectivity index (χ0v) is 19.1. The molecule has 3 aromatic carbocycles. The monoisotopic (exact) mass is 498 g/mol. The molecule has 1 fully saturated rings. The smallest absolute Gasteiger partial charge is 0.229 e. The second-order valence-corrected chi connectivity index (χ2v) is 8.73. The van der Waals surface area contributed by atoms with Gasteiger partial charge in [-0.15, -0.1) is 0 Å². The van der Waals surface area contributed by atoms with Crippen molar-refractivity contribution in [2.24, 2.45) is 5.92 Å². The molecule has 2 amide bonds. The second kappa shape index (κ2) is 9.12. The van der Waals surface area contributed by atoms with Gasteiger partial charge in [-0.05, 0) is 73.2 Å². The Morgan fingerprint density at radius 2 is 1.71 bits per heavy atom. The van der Waals surface area contributed by atoms with E-state index in [0.717, 1.165) is 15.8 Å². The van der Waals surface area contributed by atoms with E-state index in [1.807, 2.05) is 43.3 Å². The third kappa shape index (κ3) is 5.09. The van der Waals surface area contributed by atoms with E-state index in [1.54, 1.807) is 35.2 Å². The van der Waals surface area contributed by atoms with Crippen molar-refractivity contribution in [1.29, 1.82) is 0 Å². The van der Waals surface area contributed by atoms with Gasteiger partial charge in [-0.3, -0.25) is 9.59 Å². The normalized spacial score (nSPS) is 15.8. The molecule has 1 N–H and O–H groups in total. The molecule has 3 aromatic rings. The molecule has 0 unspecified atom stereocenters. The predicted octanol–water partition coefficient (Wildman–Crippen LogP) is 6.19. The van der Waals surface area contributed by atoms with Gasteiger partial charge in [0.1, 0.15) is 11.5 Å². The van der Waals surface area contributed by atoms with Crippen LogP contribution in [-0.4, -0.2) is 18.4 Å². The Hall–Kier alpha value is -2.83. The molecule has 0 radical (unpaired) electrons. The molecule has 5 nitrogen and oxygen atoms in total. The summed E-state index contributed by atoms with van der Waals surface area (Å²) in [5.74, 6) is 0.694. The Balaban J connectivity index is 1.37. The number of halogens is 2. The molecule has 0 aromatic heterocycles. The lowest BCUT2D eigenvalue weighted by atomic mass is 10.1. The molecule has 0 aliphatic carbocycles. The second-order valence-electron chi connectivity index (χ2n) is 7.41. The van der Waals surface area contributed by atoms with Crippen molar-refractivity contribution in [1.82, 2.24) is 0 Å². The Labute approximate surface area is 194 Å². The van der Waals surface area contributed by atoms with E-state index in [-0.39, 0.29) is 18.2 Å². The topological polar surface area (TPSA) is 58.6 Å². The summed E-state index contributed by atoms with van der Waals surface area (Å²) in [7, 11) is 0. The first-order valence-electron chi connectivity index (χ1n) is 9.80. The average Bonchev–Trinajstić information content (AvgIpc) is 3.15. The number of ether oxygens (including phenoxy) is 1. The van der Waals surface area contributed by atoms with E-state index in [1.165, 1.54) is 0 Å². The summed E-state index contributed by atoms with van der Waals surface area (Å²) in [6.45, 7) is 2.23. The summed E-state index contributed by atoms with van der Waals surface area (Å²) in [6.07, 6.45) is 0.169. The lowest BCUT2D eigenvalue weighted by molar-refractivity contribution is -0.122. The minimum Gasteiger partial charge on any atom is -0.457 e. The van der Waals surface area contributed by atoms with E-state index in [9.17, 15) is 9.59 Å². The van der Waals surface area contributed by atoms with Gasteiger partial charge in [-0.25, -0.2) is 0 Å². The molecule has 0 saturated carbocycles. The molecule has 1 aliphatic heterocycles. The summed E-state index contributed by atoms with van der Waals surface area (Å²) >= 11 is 9.58. The zero-order valence-electron chi connectivity index (χ0n) is 16.8. The highest BCUT2D eigenvalue weighted by Gasteiger charge is 2.35. The van der Waals surface area contributed by atoms with Gasteiger partial charge in [-0.1, -0.05) is 33.6 Å². The first-order chi connectivity index (χ1) is 14.9. The quantitative estimate of drug-likeness (QED) is 0.455. The minimum absolute atomic E-state index is 0.0849. The number of hydrogen-bond acceptors (Lipinski definition) is 3. The van der Waals surface area contributed by atoms with Gasteiger partial charge >= 0.3 is 0 Å². The van der Waals surface area contributed by atoms with Gasteiger partial charge in [0.25, 0.3) is 0 Å². The third-order valence-corrected chi connectivity index (χ3v) is 6.07. The Kier molecular flexibility index (Phi) is 6.30. The molecule has 1 saturated heterocycles. The molecule has 0 spiro atoms. The fraction of sp³-hybridized carbons (Fsp3) is 0.167. The molecule has 7 heteroatoms. The highest BCUT2D eigenvalue weighted by atomic mass is 79.9. The molecule has 31 heavy (non-hydrogen) atoms. The number of rotatable bonds is 5. The minimum atomic E-state index is -0.425. The molecular formula is C24H20BrClN2O3. The van der Waals surface area contributed by atoms with Crippen LogP contribution in [0.25, 0.3) is 0 Å². The van der Waals surface area contributed by atoms with Crippen LogP contribution in [0.3, 0.4) is 0 Å². The van der Waals surface area contributed by atoms with Crippen LogP contribution in [0.1, 0.15) is 12.0 Å². The number of hydrogen-bond donors (Lipinski definition) is 1. The summed E-state index contributed by atoms with van der Waals surface area (Å²) in [6, 6.07) is 20.2. The van der Waals surface area contributed by atoms with Gasteiger partial charge in [0.15, 0.2) is 0 Å². The van der Waals surface area contributed by atoms with Crippen molar-refractivity contribution in [2.75, 3.05) is 16.8 Å². The summed E-state index contributed by atoms with van der Waals surface area (Å²) in [5.41, 5.74) is 2.31. The first-order valence-corrected chi connectivity index (χ1v) is 11.0. The maximum absolute atomic E-state index is 12.7. The van der Waals surface area contributed by atoms with E-state index >= 15 is 0 Å². The Morgan fingerprint density at radius 1 is 1.06 bits per heavy atom. The Morgan fingerprint density at radius 3 is 2.35 bits per heavy atom. The summed E-state index contributed by atoms with van der Waals surface area (Å²) < 4.78 is 6.77. The SMILES string of the molecule is Cc1ccc(N2C[C@@H](C(=O)Nc3ccc(Oc4ccc(Br)cc4)cc3)CC2=O)cc1Cl. The van der Waals surface area contributed by atoms with Crippen LogP contribution in [0.2, 0.25) is 5.02 Å². The van der Waals surface area contributed by atoms with E-state index in [4.69, 9.17) is 16.3 Å². The van der Waals surface area contributed by atoms with Crippen molar-refractivity contribution in [3.05, 3.63) is 81.8 Å². The molecule has 1 atom stereocenters. The van der Waals surface area contributed by atoms with Gasteiger partial charge in [0.05, 0.1) is 5.92 Å². The van der Waals surface area contributed by atoms with Crippen LogP contribution in [0.15, 0.2) is 71.2 Å². The molecule has 158 valence electrons. The van der Waals surface area contributed by atoms with Crippen molar-refractivity contribution >= 4 is 50.7 Å². The van der Waals surface area contributed by atoms with Gasteiger partial charge in [0, 0.05) is 33.8 Å². The third-order valence-electron chi connectivity index (χ3n) is 5.13. The van der Waals surface area contributed by atoms with E-state index < -0.39 is 5.92 Å². The van der Waals surface area contributed by atoms with Crippen LogP contribution in [-0.2, 0) is 9.59 Å². The van der Waals surface area contributed by atoms with Gasteiger partial charge in [-0.2, -0.15) is 0 Å². The largest absolute Gasteiger partial charge is 0.457 e. The molecular weight excluding hydrogens is 480 g/mol. The van der Waals surface area contributed by atoms with Crippen molar-refractivity contribution in [3.63, 3.8) is 0 Å². The Bertz CT molecular complexity index is 1120. The van der Waals surface area contributed by atoms with Crippen LogP contribution >= 0.6 is 27.5 Å². The molecule has 4 rings (SSSR count). The van der Waals surface area contributed by atoms with Gasteiger partial charge < -0.3 is 15.0 Å². The molecule has 1 heterocycles. The average molecular weight is 500 g/mol. The van der Waals surface area contributed by atoms with Crippen LogP contribution in [0.4, 0.5) is 11.4 Å². The first kappa shape index (κ1) is 21.4. The lowest BCUT2D eigenvalue weighted by Gasteiger charge is -2.17. The van der Waals surface area contributed by atoms with Crippen molar-refractivity contribution in [2.45, 2.75) is 13.3 Å². The van der Waals surface area contributed by atoms with E-state index in [2.05, 4.69) is 21.2 Å². The predicted molar refractivity (Wildman–Crippen MR) is 126 cm³/mol. The number of aryl methyl sites for hydroxylation is 1. The number of carbonyl (C=O) groups is 2. The fourth-order valence-corrected chi connectivity index (χ4v) is 3.81. The highest BCUT2D eigenvalue weighted by molar-refractivity contribution is 9.10. The number of benzene rings is 3. The highest BCUT2D eigenvalue weighted by Crippen LogP contribution is 2.30. The van der Waals surface area contributed by atoms with E-state index in [0.29, 0.717) is 28.7 Å². The van der Waals surface area contributed by atoms with Crippen LogP contribution in [0, 0.1) is 12.8 Å². The fourth-order valence-electron chi connectivity index (χ4n) is 3.37. The van der Waals surface area contributed by atoms with Crippen LogP contribution in [0.5, 0.6) is 11.5 Å². The van der Waals surface area contributed by atoms with Gasteiger partial charge in [0.2, 0.25) is 11.8 Å².